The number of hydroxylamine groups is 1. The van der Waals surface area contributed by atoms with E-state index in [1.807, 2.05) is 6.92 Å². The van der Waals surface area contributed by atoms with Gasteiger partial charge in [0.1, 0.15) is 6.17 Å². The van der Waals surface area contributed by atoms with Crippen LogP contribution in [-0.4, -0.2) is 36.1 Å². The van der Waals surface area contributed by atoms with Crippen LogP contribution in [-0.2, 0) is 4.84 Å². The Labute approximate surface area is 126 Å². The Hall–Kier alpha value is -1.39. The average molecular weight is 285 g/mol. The highest BCUT2D eigenvalue weighted by atomic mass is 16.7. The second-order valence-electron chi connectivity index (χ2n) is 6.61. The molecule has 4 heteroatoms. The van der Waals surface area contributed by atoms with E-state index in [2.05, 4.69) is 47.8 Å². The van der Waals surface area contributed by atoms with E-state index in [0.717, 1.165) is 5.90 Å². The van der Waals surface area contributed by atoms with Crippen LogP contribution in [0.3, 0.4) is 0 Å². The third kappa shape index (κ3) is 2.17. The van der Waals surface area contributed by atoms with Gasteiger partial charge in [-0.1, -0.05) is 30.3 Å². The summed E-state index contributed by atoms with van der Waals surface area (Å²) >= 11 is 0. The number of nitrogens with zero attached hydrogens (tertiary/aromatic N) is 2. The summed E-state index contributed by atoms with van der Waals surface area (Å²) in [5.41, 5.74) is 4.42. The molecular formula is C17H23N3O. The highest BCUT2D eigenvalue weighted by molar-refractivity contribution is 5.82. The molecule has 3 aliphatic heterocycles. The van der Waals surface area contributed by atoms with Crippen molar-refractivity contribution in [3.8, 4) is 0 Å². The van der Waals surface area contributed by atoms with Crippen molar-refractivity contribution in [1.82, 2.24) is 10.4 Å². The molecule has 4 nitrogen and oxygen atoms in total. The summed E-state index contributed by atoms with van der Waals surface area (Å²) in [6, 6.07) is 12.2. The van der Waals surface area contributed by atoms with Crippen LogP contribution >= 0.6 is 0 Å². The van der Waals surface area contributed by atoms with Gasteiger partial charge in [0.25, 0.3) is 0 Å². The van der Waals surface area contributed by atoms with E-state index in [1.54, 1.807) is 0 Å². The lowest BCUT2D eigenvalue weighted by Gasteiger charge is -2.42. The summed E-state index contributed by atoms with van der Waals surface area (Å²) < 4.78 is 0. The lowest BCUT2D eigenvalue weighted by atomic mass is 9.76. The van der Waals surface area contributed by atoms with Gasteiger partial charge >= 0.3 is 0 Å². The molecule has 2 saturated heterocycles. The van der Waals surface area contributed by atoms with Gasteiger partial charge in [0.05, 0.1) is 5.92 Å². The zero-order valence-corrected chi connectivity index (χ0v) is 12.7. The standard InChI is InChI=1S/C17H23N3O/c1-11-18-17(21-19-11)16-14(12-6-4-3-5-7-12)10-13-8-9-15(16)20(13)2/h3-7,11,13-16,19H,8-10H2,1-2H3/t11-,13+,14+,15-,16+/m1/s1. The minimum atomic E-state index is 0.0702. The van der Waals surface area contributed by atoms with Crippen molar-refractivity contribution in [2.75, 3.05) is 7.05 Å². The molecule has 1 aromatic rings. The van der Waals surface area contributed by atoms with Crippen LogP contribution in [0.1, 0.15) is 37.7 Å². The number of benzene rings is 1. The summed E-state index contributed by atoms with van der Waals surface area (Å²) in [6.45, 7) is 2.04. The molecule has 0 amide bonds. The van der Waals surface area contributed by atoms with Crippen molar-refractivity contribution in [2.24, 2.45) is 10.9 Å². The first kappa shape index (κ1) is 13.3. The third-order valence-corrected chi connectivity index (χ3v) is 5.44. The maximum atomic E-state index is 5.73. The van der Waals surface area contributed by atoms with Gasteiger partial charge in [0, 0.05) is 12.1 Å². The van der Waals surface area contributed by atoms with Crippen molar-refractivity contribution in [3.05, 3.63) is 35.9 Å². The first-order valence-corrected chi connectivity index (χ1v) is 8.01. The molecule has 2 bridgehead atoms. The zero-order valence-electron chi connectivity index (χ0n) is 12.7. The predicted octanol–water partition coefficient (Wildman–Crippen LogP) is 2.53. The fraction of sp³-hybridized carbons (Fsp3) is 0.588. The maximum absolute atomic E-state index is 5.73. The van der Waals surface area contributed by atoms with Gasteiger partial charge in [-0.25, -0.2) is 4.99 Å². The van der Waals surface area contributed by atoms with Gasteiger partial charge in [-0.05, 0) is 44.7 Å². The fourth-order valence-electron chi connectivity index (χ4n) is 4.39. The molecule has 5 atom stereocenters. The molecule has 0 spiro atoms. The maximum Gasteiger partial charge on any atom is 0.216 e. The summed E-state index contributed by atoms with van der Waals surface area (Å²) in [7, 11) is 2.27. The fourth-order valence-corrected chi connectivity index (χ4v) is 4.39. The topological polar surface area (TPSA) is 36.9 Å². The highest BCUT2D eigenvalue weighted by Crippen LogP contribution is 2.47. The van der Waals surface area contributed by atoms with Gasteiger partial charge < -0.3 is 4.84 Å². The molecule has 0 saturated carbocycles. The minimum Gasteiger partial charge on any atom is -0.391 e. The molecule has 3 aliphatic rings. The normalized spacial score (nSPS) is 39.1. The molecule has 1 aromatic carbocycles. The number of hydrogen-bond acceptors (Lipinski definition) is 4. The van der Waals surface area contributed by atoms with Crippen LogP contribution in [0.15, 0.2) is 35.3 Å². The van der Waals surface area contributed by atoms with Crippen LogP contribution in [0.5, 0.6) is 0 Å². The Morgan fingerprint density at radius 2 is 2.05 bits per heavy atom. The van der Waals surface area contributed by atoms with Gasteiger partial charge in [-0.3, -0.25) is 4.90 Å². The summed E-state index contributed by atoms with van der Waals surface area (Å²) in [5.74, 6) is 1.80. The Balaban J connectivity index is 1.72. The number of aliphatic imine (C=N–C) groups is 1. The third-order valence-electron chi connectivity index (χ3n) is 5.44. The van der Waals surface area contributed by atoms with Crippen molar-refractivity contribution >= 4 is 5.90 Å². The Morgan fingerprint density at radius 3 is 2.76 bits per heavy atom. The zero-order chi connectivity index (χ0) is 14.4. The van der Waals surface area contributed by atoms with Crippen molar-refractivity contribution in [2.45, 2.75) is 50.4 Å². The van der Waals surface area contributed by atoms with Gasteiger partial charge in [-0.15, -0.1) is 5.48 Å². The lowest BCUT2D eigenvalue weighted by Crippen LogP contribution is -2.49. The molecule has 21 heavy (non-hydrogen) atoms. The first-order valence-electron chi connectivity index (χ1n) is 8.01. The smallest absolute Gasteiger partial charge is 0.216 e. The Kier molecular flexibility index (Phi) is 3.23. The van der Waals surface area contributed by atoms with E-state index < -0.39 is 0 Å². The quantitative estimate of drug-likeness (QED) is 0.907. The number of nitrogens with one attached hydrogen (secondary N) is 1. The SMILES string of the molecule is C[C@@H]1N=C([C@@H]2[C@H]3CC[C@@H](C[C@H]2c2ccccc2)N3C)ON1. The van der Waals surface area contributed by atoms with E-state index in [0.29, 0.717) is 23.9 Å². The van der Waals surface area contributed by atoms with Crippen LogP contribution in [0, 0.1) is 5.92 Å². The molecule has 0 aliphatic carbocycles. The first-order chi connectivity index (χ1) is 10.2. The van der Waals surface area contributed by atoms with Crippen molar-refractivity contribution in [1.29, 1.82) is 0 Å². The summed E-state index contributed by atoms with van der Waals surface area (Å²) in [4.78, 5) is 13.0. The molecule has 0 unspecified atom stereocenters. The lowest BCUT2D eigenvalue weighted by molar-refractivity contribution is 0.103. The molecule has 0 aromatic heterocycles. The second-order valence-corrected chi connectivity index (χ2v) is 6.61. The molecule has 2 fully saturated rings. The molecule has 4 rings (SSSR count). The van der Waals surface area contributed by atoms with E-state index in [-0.39, 0.29) is 6.17 Å². The van der Waals surface area contributed by atoms with Crippen LogP contribution in [0.4, 0.5) is 0 Å². The summed E-state index contributed by atoms with van der Waals surface area (Å²) in [5, 5.41) is 0. The van der Waals surface area contributed by atoms with Crippen LogP contribution < -0.4 is 5.48 Å². The highest BCUT2D eigenvalue weighted by Gasteiger charge is 2.49. The van der Waals surface area contributed by atoms with E-state index >= 15 is 0 Å². The van der Waals surface area contributed by atoms with Gasteiger partial charge in [-0.2, -0.15) is 0 Å². The molecule has 0 radical (unpaired) electrons. The van der Waals surface area contributed by atoms with E-state index in [4.69, 9.17) is 9.83 Å². The van der Waals surface area contributed by atoms with Crippen LogP contribution in [0.2, 0.25) is 0 Å². The number of piperidine rings is 1. The number of fused-ring (bicyclic) bond motifs is 2. The van der Waals surface area contributed by atoms with Crippen LogP contribution in [0.25, 0.3) is 0 Å². The van der Waals surface area contributed by atoms with Crippen molar-refractivity contribution < 1.29 is 4.84 Å². The van der Waals surface area contributed by atoms with E-state index in [9.17, 15) is 0 Å². The second kappa shape index (κ2) is 5.11. The summed E-state index contributed by atoms with van der Waals surface area (Å²) in [6.07, 6.45) is 3.84. The van der Waals surface area contributed by atoms with Gasteiger partial charge in [0.2, 0.25) is 5.90 Å². The van der Waals surface area contributed by atoms with Gasteiger partial charge in [0.15, 0.2) is 0 Å². The molecule has 112 valence electrons. The Morgan fingerprint density at radius 1 is 1.24 bits per heavy atom. The molecule has 1 N–H and O–H groups in total. The largest absolute Gasteiger partial charge is 0.391 e. The molecular weight excluding hydrogens is 262 g/mol. The minimum absolute atomic E-state index is 0.0702. The average Bonchev–Trinajstić information content (AvgIpc) is 3.01. The number of hydrogen-bond donors (Lipinski definition) is 1. The monoisotopic (exact) mass is 285 g/mol. The molecule has 3 heterocycles. The number of rotatable bonds is 2. The Bertz CT molecular complexity index is 544. The van der Waals surface area contributed by atoms with Crippen molar-refractivity contribution in [3.63, 3.8) is 0 Å². The van der Waals surface area contributed by atoms with E-state index in [1.165, 1.54) is 24.8 Å². The predicted molar refractivity (Wildman–Crippen MR) is 83.0 cm³/mol.